The summed E-state index contributed by atoms with van der Waals surface area (Å²) >= 11 is 2.42. The van der Waals surface area contributed by atoms with Gasteiger partial charge in [-0.3, -0.25) is 0 Å². The Bertz CT molecular complexity index is 55.9. The van der Waals surface area contributed by atoms with Crippen molar-refractivity contribution in [1.82, 2.24) is 0 Å². The van der Waals surface area contributed by atoms with E-state index in [2.05, 4.69) is 37.4 Å². The van der Waals surface area contributed by atoms with Crippen molar-refractivity contribution in [2.24, 2.45) is 0 Å². The summed E-state index contributed by atoms with van der Waals surface area (Å²) in [6.07, 6.45) is 0. The van der Waals surface area contributed by atoms with Crippen molar-refractivity contribution in [3.05, 3.63) is 0 Å². The Kier molecular flexibility index (Phi) is 4.87. The van der Waals surface area contributed by atoms with Crippen LogP contribution in [0, 0.1) is 0 Å². The SMILES string of the molecule is CC[Si](CC)(CC)[O][Al+2]. The van der Waals surface area contributed by atoms with E-state index in [1.54, 1.807) is 0 Å². The summed E-state index contributed by atoms with van der Waals surface area (Å²) < 4.78 is 5.44. The Hall–Kier alpha value is 0.709. The van der Waals surface area contributed by atoms with Crippen molar-refractivity contribution in [2.75, 3.05) is 0 Å². The molecule has 0 aromatic carbocycles. The van der Waals surface area contributed by atoms with Gasteiger partial charge in [-0.2, -0.15) is 0 Å². The van der Waals surface area contributed by atoms with Gasteiger partial charge in [0.25, 0.3) is 0 Å². The average Bonchev–Trinajstić information content (AvgIpc) is 1.95. The maximum absolute atomic E-state index is 5.44. The Morgan fingerprint density at radius 3 is 1.44 bits per heavy atom. The minimum absolute atomic E-state index is 1.23. The van der Waals surface area contributed by atoms with Gasteiger partial charge >= 0.3 is 67.3 Å². The molecule has 1 nitrogen and oxygen atoms in total. The van der Waals surface area contributed by atoms with E-state index in [9.17, 15) is 0 Å². The zero-order valence-electron chi connectivity index (χ0n) is 6.61. The third-order valence-electron chi connectivity index (χ3n) is 2.18. The second-order valence-corrected chi connectivity index (χ2v) is 7.79. The van der Waals surface area contributed by atoms with Gasteiger partial charge in [0.2, 0.25) is 0 Å². The zero-order chi connectivity index (χ0) is 7.33. The molecule has 0 atom stereocenters. The van der Waals surface area contributed by atoms with Crippen LogP contribution in [0.4, 0.5) is 0 Å². The molecule has 0 spiro atoms. The van der Waals surface area contributed by atoms with Gasteiger partial charge in [0.05, 0.1) is 0 Å². The van der Waals surface area contributed by atoms with E-state index < -0.39 is 8.32 Å². The van der Waals surface area contributed by atoms with E-state index in [4.69, 9.17) is 3.48 Å². The van der Waals surface area contributed by atoms with Crippen molar-refractivity contribution < 1.29 is 3.48 Å². The van der Waals surface area contributed by atoms with Crippen LogP contribution in [0.3, 0.4) is 0 Å². The van der Waals surface area contributed by atoms with Gasteiger partial charge < -0.3 is 0 Å². The van der Waals surface area contributed by atoms with Crippen LogP contribution in [0.15, 0.2) is 0 Å². The first-order valence-corrected chi connectivity index (χ1v) is 6.62. The molecule has 3 heteroatoms. The molecule has 9 heavy (non-hydrogen) atoms. The maximum atomic E-state index is 5.44. The molecule has 0 saturated carbocycles. The molecule has 0 aliphatic heterocycles. The van der Waals surface area contributed by atoms with Gasteiger partial charge in [0.15, 0.2) is 0 Å². The topological polar surface area (TPSA) is 9.23 Å². The van der Waals surface area contributed by atoms with E-state index >= 15 is 0 Å². The summed E-state index contributed by atoms with van der Waals surface area (Å²) in [7, 11) is -1.23. The van der Waals surface area contributed by atoms with Crippen LogP contribution in [0.2, 0.25) is 18.1 Å². The Labute approximate surface area is 67.7 Å². The Morgan fingerprint density at radius 1 is 1.11 bits per heavy atom. The van der Waals surface area contributed by atoms with E-state index in [1.807, 2.05) is 0 Å². The van der Waals surface area contributed by atoms with Gasteiger partial charge in [-0.25, -0.2) is 0 Å². The average molecular weight is 158 g/mol. The molecular formula is C6H15AlOSi+2. The van der Waals surface area contributed by atoms with Crippen LogP contribution in [0.25, 0.3) is 0 Å². The first-order chi connectivity index (χ1) is 4.24. The second-order valence-electron chi connectivity index (χ2n) is 2.36. The minimum atomic E-state index is -1.23. The summed E-state index contributed by atoms with van der Waals surface area (Å²) in [5, 5.41) is 0. The molecule has 0 heterocycles. The van der Waals surface area contributed by atoms with Gasteiger partial charge in [0, 0.05) is 0 Å². The summed E-state index contributed by atoms with van der Waals surface area (Å²) in [5.74, 6) is 0. The predicted octanol–water partition coefficient (Wildman–Crippen LogP) is 2.09. The van der Waals surface area contributed by atoms with Gasteiger partial charge in [-0.05, 0) is 0 Å². The second kappa shape index (κ2) is 4.51. The molecule has 0 unspecified atom stereocenters. The molecule has 0 aromatic heterocycles. The molecule has 0 aliphatic rings. The molecule has 0 saturated heterocycles. The molecule has 0 amide bonds. The number of rotatable bonds is 4. The molecule has 0 bridgehead atoms. The summed E-state index contributed by atoms with van der Waals surface area (Å²) in [4.78, 5) is 0. The van der Waals surface area contributed by atoms with Crippen molar-refractivity contribution >= 4 is 24.9 Å². The molecule has 50 valence electrons. The van der Waals surface area contributed by atoms with Crippen molar-refractivity contribution in [1.29, 1.82) is 0 Å². The molecule has 0 N–H and O–H groups in total. The number of hydrogen-bond acceptors (Lipinski definition) is 1. The van der Waals surface area contributed by atoms with Gasteiger partial charge in [-0.15, -0.1) is 0 Å². The van der Waals surface area contributed by atoms with Crippen LogP contribution in [0.5, 0.6) is 0 Å². The molecule has 0 aliphatic carbocycles. The number of hydrogen-bond donors (Lipinski definition) is 0. The van der Waals surface area contributed by atoms with Gasteiger partial charge in [0.1, 0.15) is 0 Å². The summed E-state index contributed by atoms with van der Waals surface area (Å²) in [6.45, 7) is 6.68. The normalized spacial score (nSPS) is 12.1. The standard InChI is InChI=1S/C6H15OSi.Al/c1-4-8(7,5-2)6-3;/h4-6H2,1-3H3;/q-1;+3. The Balaban J connectivity index is 3.82. The fourth-order valence-electron chi connectivity index (χ4n) is 1.00. The van der Waals surface area contributed by atoms with Crippen molar-refractivity contribution in [3.63, 3.8) is 0 Å². The van der Waals surface area contributed by atoms with Crippen LogP contribution < -0.4 is 0 Å². The third-order valence-corrected chi connectivity index (χ3v) is 8.05. The quantitative estimate of drug-likeness (QED) is 0.569. The van der Waals surface area contributed by atoms with E-state index in [-0.39, 0.29) is 0 Å². The van der Waals surface area contributed by atoms with Gasteiger partial charge in [-0.1, -0.05) is 0 Å². The molecule has 0 fully saturated rings. The van der Waals surface area contributed by atoms with Crippen molar-refractivity contribution in [2.45, 2.75) is 38.9 Å². The van der Waals surface area contributed by atoms with E-state index in [0.717, 1.165) is 0 Å². The fraction of sp³-hybridized carbons (Fsp3) is 1.00. The third kappa shape index (κ3) is 2.43. The molecule has 0 aromatic rings. The molecule has 0 radical (unpaired) electrons. The van der Waals surface area contributed by atoms with Crippen LogP contribution >= 0.6 is 0 Å². The fourth-order valence-corrected chi connectivity index (χ4v) is 4.50. The van der Waals surface area contributed by atoms with Crippen LogP contribution in [-0.4, -0.2) is 24.9 Å². The zero-order valence-corrected chi connectivity index (χ0v) is 8.76. The van der Waals surface area contributed by atoms with E-state index in [0.29, 0.717) is 0 Å². The monoisotopic (exact) mass is 158 g/mol. The van der Waals surface area contributed by atoms with Crippen LogP contribution in [0.1, 0.15) is 20.8 Å². The Morgan fingerprint density at radius 2 is 1.44 bits per heavy atom. The van der Waals surface area contributed by atoms with E-state index in [1.165, 1.54) is 18.1 Å². The predicted molar refractivity (Wildman–Crippen MR) is 44.0 cm³/mol. The first kappa shape index (κ1) is 9.71. The summed E-state index contributed by atoms with van der Waals surface area (Å²) in [6, 6.07) is 3.72. The van der Waals surface area contributed by atoms with Crippen LogP contribution in [-0.2, 0) is 3.48 Å². The summed E-state index contributed by atoms with van der Waals surface area (Å²) in [5.41, 5.74) is 0. The van der Waals surface area contributed by atoms with Crippen molar-refractivity contribution in [3.8, 4) is 0 Å². The first-order valence-electron chi connectivity index (χ1n) is 3.62. The molecular weight excluding hydrogens is 143 g/mol. The molecule has 0 rings (SSSR count).